The number of phenolic OH excluding ortho intramolecular Hbond substituents is 1. The van der Waals surface area contributed by atoms with E-state index in [4.69, 9.17) is 5.73 Å². The van der Waals surface area contributed by atoms with Crippen LogP contribution in [0.4, 0.5) is 5.69 Å². The van der Waals surface area contributed by atoms with Crippen molar-refractivity contribution >= 4 is 21.6 Å². The molecule has 0 fully saturated rings. The average Bonchev–Trinajstić information content (AvgIpc) is 2.50. The van der Waals surface area contributed by atoms with Crippen molar-refractivity contribution in [2.45, 2.75) is 18.6 Å². The lowest BCUT2D eigenvalue weighted by Gasteiger charge is -2.20. The molecule has 2 aromatic carbocycles. The maximum Gasteiger partial charge on any atom is 0.271 e. The molecule has 2 rings (SSSR count). The summed E-state index contributed by atoms with van der Waals surface area (Å²) in [7, 11) is 0. The summed E-state index contributed by atoms with van der Waals surface area (Å²) in [4.78, 5) is 10.3. The average molecular weight is 367 g/mol. The zero-order valence-electron chi connectivity index (χ0n) is 11.5. The fourth-order valence-corrected chi connectivity index (χ4v) is 2.62. The number of halogens is 1. The molecule has 0 aliphatic heterocycles. The van der Waals surface area contributed by atoms with E-state index in [9.17, 15) is 20.3 Å². The third kappa shape index (κ3) is 3.62. The molecule has 2 atom stereocenters. The van der Waals surface area contributed by atoms with Crippen LogP contribution >= 0.6 is 15.9 Å². The minimum Gasteiger partial charge on any atom is -0.506 e. The summed E-state index contributed by atoms with van der Waals surface area (Å²) in [6.45, 7) is 0. The van der Waals surface area contributed by atoms with Crippen molar-refractivity contribution < 1.29 is 15.1 Å². The van der Waals surface area contributed by atoms with Gasteiger partial charge < -0.3 is 15.9 Å². The smallest absolute Gasteiger partial charge is 0.271 e. The van der Waals surface area contributed by atoms with Crippen LogP contribution in [-0.4, -0.2) is 21.2 Å². The Hall–Kier alpha value is -1.96. The molecule has 0 bridgehead atoms. The Morgan fingerprint density at radius 2 is 1.91 bits per heavy atom. The number of aliphatic hydroxyl groups is 1. The number of nitro benzene ring substituents is 1. The van der Waals surface area contributed by atoms with Crippen LogP contribution in [0.2, 0.25) is 0 Å². The molecule has 0 spiro atoms. The number of aromatic hydroxyl groups is 1. The van der Waals surface area contributed by atoms with Crippen molar-refractivity contribution in [2.75, 3.05) is 0 Å². The molecule has 0 heterocycles. The van der Waals surface area contributed by atoms with E-state index in [2.05, 4.69) is 15.9 Å². The zero-order chi connectivity index (χ0) is 16.3. The van der Waals surface area contributed by atoms with Crippen LogP contribution in [-0.2, 0) is 6.42 Å². The predicted molar refractivity (Wildman–Crippen MR) is 85.5 cm³/mol. The van der Waals surface area contributed by atoms with Crippen LogP contribution < -0.4 is 5.73 Å². The van der Waals surface area contributed by atoms with Gasteiger partial charge in [-0.05, 0) is 21.5 Å². The number of rotatable bonds is 5. The highest BCUT2D eigenvalue weighted by atomic mass is 79.9. The van der Waals surface area contributed by atoms with Gasteiger partial charge in [0.05, 0.1) is 21.5 Å². The molecule has 6 nitrogen and oxygen atoms in total. The Morgan fingerprint density at radius 3 is 2.50 bits per heavy atom. The molecule has 4 N–H and O–H groups in total. The summed E-state index contributed by atoms with van der Waals surface area (Å²) < 4.78 is 0.166. The molecular formula is C15H15BrN2O4. The minimum absolute atomic E-state index is 0.129. The van der Waals surface area contributed by atoms with Gasteiger partial charge in [0.15, 0.2) is 0 Å². The SMILES string of the molecule is N[C@@H](c1cc([N+](=O)[O-])cc(Br)c1O)[C@H](O)Cc1ccccc1. The number of benzene rings is 2. The van der Waals surface area contributed by atoms with Crippen LogP contribution in [0.5, 0.6) is 5.75 Å². The lowest BCUT2D eigenvalue weighted by atomic mass is 9.96. The highest BCUT2D eigenvalue weighted by molar-refractivity contribution is 9.10. The Balaban J connectivity index is 2.28. The van der Waals surface area contributed by atoms with Gasteiger partial charge in [0.1, 0.15) is 5.75 Å². The molecule has 0 aliphatic rings. The summed E-state index contributed by atoms with van der Waals surface area (Å²) in [6, 6.07) is 10.7. The molecule has 0 amide bonds. The second kappa shape index (κ2) is 6.87. The number of hydrogen-bond donors (Lipinski definition) is 3. The van der Waals surface area contributed by atoms with E-state index < -0.39 is 17.1 Å². The molecule has 0 saturated heterocycles. The minimum atomic E-state index is -0.984. The summed E-state index contributed by atoms with van der Waals surface area (Å²) in [6.07, 6.45) is -0.705. The number of nitrogens with zero attached hydrogens (tertiary/aromatic N) is 1. The zero-order valence-corrected chi connectivity index (χ0v) is 13.1. The van der Waals surface area contributed by atoms with E-state index in [1.807, 2.05) is 30.3 Å². The topological polar surface area (TPSA) is 110 Å². The van der Waals surface area contributed by atoms with Crippen LogP contribution in [0.3, 0.4) is 0 Å². The van der Waals surface area contributed by atoms with E-state index in [-0.39, 0.29) is 27.9 Å². The second-order valence-corrected chi connectivity index (χ2v) is 5.76. The highest BCUT2D eigenvalue weighted by Crippen LogP contribution is 2.36. The number of phenols is 1. The van der Waals surface area contributed by atoms with E-state index in [0.717, 1.165) is 5.56 Å². The van der Waals surface area contributed by atoms with Gasteiger partial charge in [0.25, 0.3) is 5.69 Å². The maximum absolute atomic E-state index is 10.9. The first-order chi connectivity index (χ1) is 10.4. The number of hydrogen-bond acceptors (Lipinski definition) is 5. The van der Waals surface area contributed by atoms with Crippen molar-refractivity contribution in [1.82, 2.24) is 0 Å². The van der Waals surface area contributed by atoms with Gasteiger partial charge in [-0.2, -0.15) is 0 Å². The lowest BCUT2D eigenvalue weighted by molar-refractivity contribution is -0.385. The van der Waals surface area contributed by atoms with E-state index in [1.54, 1.807) is 0 Å². The number of nitro groups is 1. The summed E-state index contributed by atoms with van der Waals surface area (Å²) in [5.41, 5.74) is 6.78. The van der Waals surface area contributed by atoms with Crippen LogP contribution in [0.25, 0.3) is 0 Å². The van der Waals surface area contributed by atoms with Crippen molar-refractivity contribution in [3.63, 3.8) is 0 Å². The molecule has 2 aromatic rings. The Bertz CT molecular complexity index is 679. The summed E-state index contributed by atoms with van der Waals surface area (Å²) in [5, 5.41) is 31.2. The fourth-order valence-electron chi connectivity index (χ4n) is 2.15. The highest BCUT2D eigenvalue weighted by Gasteiger charge is 2.24. The van der Waals surface area contributed by atoms with Gasteiger partial charge in [-0.1, -0.05) is 30.3 Å². The van der Waals surface area contributed by atoms with Crippen LogP contribution in [0.15, 0.2) is 46.9 Å². The maximum atomic E-state index is 10.9. The quantitative estimate of drug-likeness (QED) is 0.556. The van der Waals surface area contributed by atoms with Gasteiger partial charge in [-0.3, -0.25) is 10.1 Å². The largest absolute Gasteiger partial charge is 0.506 e. The van der Waals surface area contributed by atoms with Gasteiger partial charge in [0, 0.05) is 24.1 Å². The number of nitrogens with two attached hydrogens (primary N) is 1. The normalized spacial score (nSPS) is 13.6. The molecule has 7 heteroatoms. The molecule has 0 radical (unpaired) electrons. The molecule has 22 heavy (non-hydrogen) atoms. The van der Waals surface area contributed by atoms with Crippen LogP contribution in [0, 0.1) is 10.1 Å². The molecule has 0 aliphatic carbocycles. The molecular weight excluding hydrogens is 352 g/mol. The first kappa shape index (κ1) is 16.4. The van der Waals surface area contributed by atoms with Crippen LogP contribution in [0.1, 0.15) is 17.2 Å². The molecule has 0 saturated carbocycles. The van der Waals surface area contributed by atoms with E-state index in [1.165, 1.54) is 12.1 Å². The first-order valence-electron chi connectivity index (χ1n) is 6.54. The van der Waals surface area contributed by atoms with Crippen molar-refractivity contribution in [3.8, 4) is 5.75 Å². The van der Waals surface area contributed by atoms with Gasteiger partial charge >= 0.3 is 0 Å². The molecule has 0 aromatic heterocycles. The number of non-ortho nitro benzene ring substituents is 1. The fraction of sp³-hybridized carbons (Fsp3) is 0.200. The van der Waals surface area contributed by atoms with Crippen molar-refractivity contribution in [3.05, 3.63) is 68.2 Å². The predicted octanol–water partition coefficient (Wildman–Crippen LogP) is 2.67. The lowest BCUT2D eigenvalue weighted by Crippen LogP contribution is -2.28. The second-order valence-electron chi connectivity index (χ2n) is 4.91. The van der Waals surface area contributed by atoms with E-state index in [0.29, 0.717) is 0 Å². The Kier molecular flexibility index (Phi) is 5.12. The third-order valence-electron chi connectivity index (χ3n) is 3.35. The van der Waals surface area contributed by atoms with Crippen molar-refractivity contribution in [2.24, 2.45) is 5.73 Å². The van der Waals surface area contributed by atoms with Gasteiger partial charge in [-0.15, -0.1) is 0 Å². The monoisotopic (exact) mass is 366 g/mol. The molecule has 116 valence electrons. The number of aliphatic hydroxyl groups excluding tert-OH is 1. The Morgan fingerprint density at radius 1 is 1.27 bits per heavy atom. The summed E-state index contributed by atoms with van der Waals surface area (Å²) in [5.74, 6) is -0.204. The Labute approximate surface area is 135 Å². The summed E-state index contributed by atoms with van der Waals surface area (Å²) >= 11 is 3.06. The standard InChI is InChI=1S/C15H15BrN2O4/c16-12-8-10(18(21)22)7-11(15(12)20)14(17)13(19)6-9-4-2-1-3-5-9/h1-5,7-8,13-14,19-20H,6,17H2/t13-,14+/m1/s1. The van der Waals surface area contributed by atoms with E-state index >= 15 is 0 Å². The third-order valence-corrected chi connectivity index (χ3v) is 3.95. The van der Waals surface area contributed by atoms with Gasteiger partial charge in [-0.25, -0.2) is 0 Å². The molecule has 0 unspecified atom stereocenters. The van der Waals surface area contributed by atoms with Crippen molar-refractivity contribution in [1.29, 1.82) is 0 Å². The van der Waals surface area contributed by atoms with Gasteiger partial charge in [0.2, 0.25) is 0 Å². The first-order valence-corrected chi connectivity index (χ1v) is 7.34.